The number of fused-ring (bicyclic) bond motifs is 15. The number of esters is 1. The number of rotatable bonds is 4. The second kappa shape index (κ2) is 15.4. The highest BCUT2D eigenvalue weighted by Crippen LogP contribution is 2.39. The molecule has 262 valence electrons. The van der Waals surface area contributed by atoms with Gasteiger partial charge in [0.15, 0.2) is 6.29 Å². The maximum Gasteiger partial charge on any atom is 0.311 e. The van der Waals surface area contributed by atoms with E-state index in [0.29, 0.717) is 31.4 Å². The van der Waals surface area contributed by atoms with Crippen LogP contribution in [0.2, 0.25) is 0 Å². The minimum atomic E-state index is -1.52. The Hall–Kier alpha value is -1.15. The first-order valence-electron chi connectivity index (χ1n) is 16.7. The van der Waals surface area contributed by atoms with E-state index in [2.05, 4.69) is 18.4 Å². The lowest BCUT2D eigenvalue weighted by Gasteiger charge is -2.49. The van der Waals surface area contributed by atoms with Gasteiger partial charge in [0.05, 0.1) is 49.1 Å². The van der Waals surface area contributed by atoms with Crippen molar-refractivity contribution >= 4 is 5.97 Å². The molecule has 0 radical (unpaired) electrons. The summed E-state index contributed by atoms with van der Waals surface area (Å²) in [6.07, 6.45) is -4.21. The third kappa shape index (κ3) is 8.66. The predicted octanol–water partition coefficient (Wildman–Crippen LogP) is 2.59. The van der Waals surface area contributed by atoms with Crippen LogP contribution in [0.4, 0.5) is 0 Å². The molecule has 4 heterocycles. The molecule has 0 spiro atoms. The first-order valence-corrected chi connectivity index (χ1v) is 16.7. The number of likely N-dealkylation sites (N-methyl/N-ethyl adjacent to an activating group) is 1. The van der Waals surface area contributed by atoms with Gasteiger partial charge >= 0.3 is 5.97 Å². The van der Waals surface area contributed by atoms with Crippen LogP contribution in [0.5, 0.6) is 0 Å². The molecule has 11 heteroatoms. The molecular weight excluding hydrogens is 580 g/mol. The van der Waals surface area contributed by atoms with Gasteiger partial charge in [0.2, 0.25) is 0 Å². The Balaban J connectivity index is 2.18. The molecule has 4 aliphatic heterocycles. The highest BCUT2D eigenvalue weighted by Gasteiger charge is 2.51. The summed E-state index contributed by atoms with van der Waals surface area (Å²) in [6.45, 7) is 20.1. The molecular formula is C34H62N2O9. The lowest BCUT2D eigenvalue weighted by molar-refractivity contribution is -0.303. The van der Waals surface area contributed by atoms with Crippen molar-refractivity contribution in [1.29, 1.82) is 0 Å². The average molecular weight is 643 g/mol. The summed E-state index contributed by atoms with van der Waals surface area (Å²) in [5, 5.41) is 35.2. The van der Waals surface area contributed by atoms with Crippen LogP contribution in [0.25, 0.3) is 0 Å². The van der Waals surface area contributed by atoms with Crippen LogP contribution in [0.15, 0.2) is 12.2 Å². The maximum absolute atomic E-state index is 13.6. The molecule has 0 aromatic heterocycles. The molecule has 0 aromatic rings. The smallest absolute Gasteiger partial charge is 0.311 e. The molecule has 14 atom stereocenters. The van der Waals surface area contributed by atoms with Crippen molar-refractivity contribution in [3.8, 4) is 0 Å². The van der Waals surface area contributed by atoms with Gasteiger partial charge in [-0.25, -0.2) is 0 Å². The predicted molar refractivity (Wildman–Crippen MR) is 172 cm³/mol. The molecule has 11 nitrogen and oxygen atoms in total. The Morgan fingerprint density at radius 1 is 1.09 bits per heavy atom. The number of carbonyl (C=O) groups excluding carboxylic acids is 1. The zero-order chi connectivity index (χ0) is 34.0. The monoisotopic (exact) mass is 642 g/mol. The van der Waals surface area contributed by atoms with E-state index in [1.165, 1.54) is 0 Å². The van der Waals surface area contributed by atoms with Gasteiger partial charge in [-0.2, -0.15) is 0 Å². The van der Waals surface area contributed by atoms with Crippen molar-refractivity contribution in [2.45, 2.75) is 141 Å². The van der Waals surface area contributed by atoms with Crippen molar-refractivity contribution in [3.63, 3.8) is 0 Å². The van der Waals surface area contributed by atoms with Crippen LogP contribution in [0.1, 0.15) is 74.7 Å². The Labute approximate surface area is 271 Å². The van der Waals surface area contributed by atoms with E-state index in [4.69, 9.17) is 23.7 Å². The van der Waals surface area contributed by atoms with Gasteiger partial charge in [0.25, 0.3) is 0 Å². The van der Waals surface area contributed by atoms with Crippen LogP contribution in [0, 0.1) is 17.8 Å². The quantitative estimate of drug-likeness (QED) is 0.309. The Bertz CT molecular complexity index is 995. The van der Waals surface area contributed by atoms with E-state index in [9.17, 15) is 20.1 Å². The van der Waals surface area contributed by atoms with E-state index >= 15 is 0 Å². The fourth-order valence-corrected chi connectivity index (χ4v) is 7.60. The maximum atomic E-state index is 13.6. The summed E-state index contributed by atoms with van der Waals surface area (Å²) in [5.74, 6) is -2.38. The van der Waals surface area contributed by atoms with Gasteiger partial charge in [0.1, 0.15) is 17.8 Å². The standard InChI is InChI=1S/C34H62N2O9/c1-13-26-34(9,40)29-20(3)16-36(12)21(4)15-33(8,42-18-19(2)17-41-29)30(23(6)27(37)24(7)31(39)44-26)45-32-28(38)25(35(10)11)14-22(5)43-32/h20-30,32,37-38,40H,2,13-18H2,1,3-12H3/t20-,21+,22+,23-,24+,25-,26+,27-,28+,29+,30+,32-,33+,34+/m0/s1. The third-order valence-corrected chi connectivity index (χ3v) is 10.5. The fourth-order valence-electron chi connectivity index (χ4n) is 7.60. The molecule has 3 N–H and O–H groups in total. The molecule has 0 unspecified atom stereocenters. The Morgan fingerprint density at radius 2 is 1.73 bits per heavy atom. The molecule has 0 aromatic carbocycles. The van der Waals surface area contributed by atoms with Gasteiger partial charge < -0.3 is 48.8 Å². The van der Waals surface area contributed by atoms with Crippen LogP contribution in [-0.2, 0) is 28.5 Å². The molecule has 2 bridgehead atoms. The summed E-state index contributed by atoms with van der Waals surface area (Å²) in [7, 11) is 5.87. The van der Waals surface area contributed by atoms with Crippen molar-refractivity contribution < 1.29 is 43.8 Å². The fraction of sp³-hybridized carbons (Fsp3) is 0.912. The molecule has 0 aliphatic carbocycles. The minimum Gasteiger partial charge on any atom is -0.459 e. The second-order valence-corrected chi connectivity index (χ2v) is 14.9. The van der Waals surface area contributed by atoms with E-state index in [1.807, 2.05) is 60.7 Å². The van der Waals surface area contributed by atoms with E-state index in [-0.39, 0.29) is 37.3 Å². The number of hydrogen-bond acceptors (Lipinski definition) is 11. The second-order valence-electron chi connectivity index (χ2n) is 14.9. The summed E-state index contributed by atoms with van der Waals surface area (Å²) < 4.78 is 32.0. The largest absolute Gasteiger partial charge is 0.459 e. The molecule has 4 aliphatic rings. The topological polar surface area (TPSA) is 130 Å². The van der Waals surface area contributed by atoms with Crippen LogP contribution >= 0.6 is 0 Å². The summed E-state index contributed by atoms with van der Waals surface area (Å²) in [4.78, 5) is 17.8. The van der Waals surface area contributed by atoms with Gasteiger partial charge in [-0.05, 0) is 86.5 Å². The highest BCUT2D eigenvalue weighted by atomic mass is 16.7. The molecule has 0 saturated carbocycles. The summed E-state index contributed by atoms with van der Waals surface area (Å²) in [6, 6.07) is -0.227. The SMILES string of the molecule is C=C1CO[C@@H]2[C@@H](C)CN(C)[C@H](C)C[C@@](C)(OC1)[C@H](O[C@@H]1O[C@H](C)C[C@H](N(C)C)[C@H]1O)[C@@H](C)[C@H](O)[C@@H](C)C(=O)O[C@H](CC)[C@@]2(C)O. The number of aliphatic hydroxyl groups is 3. The van der Waals surface area contributed by atoms with Gasteiger partial charge in [-0.15, -0.1) is 0 Å². The van der Waals surface area contributed by atoms with Crippen LogP contribution in [0.3, 0.4) is 0 Å². The van der Waals surface area contributed by atoms with Gasteiger partial charge in [-0.1, -0.05) is 27.4 Å². The van der Waals surface area contributed by atoms with E-state index < -0.39 is 65.8 Å². The molecule has 45 heavy (non-hydrogen) atoms. The first kappa shape index (κ1) is 38.3. The molecule has 4 fully saturated rings. The Kier molecular flexibility index (Phi) is 13.1. The van der Waals surface area contributed by atoms with Crippen molar-refractivity contribution in [1.82, 2.24) is 9.80 Å². The summed E-state index contributed by atoms with van der Waals surface area (Å²) >= 11 is 0. The van der Waals surface area contributed by atoms with Crippen molar-refractivity contribution in [3.05, 3.63) is 12.2 Å². The molecule has 4 rings (SSSR count). The van der Waals surface area contributed by atoms with Gasteiger partial charge in [0, 0.05) is 24.5 Å². The third-order valence-electron chi connectivity index (χ3n) is 10.5. The van der Waals surface area contributed by atoms with E-state index in [1.54, 1.807) is 13.8 Å². The van der Waals surface area contributed by atoms with Crippen LogP contribution in [-0.4, -0.2) is 138 Å². The lowest BCUT2D eigenvalue weighted by atomic mass is 9.78. The molecule has 0 amide bonds. The van der Waals surface area contributed by atoms with Gasteiger partial charge in [-0.3, -0.25) is 4.79 Å². The van der Waals surface area contributed by atoms with Crippen molar-refractivity contribution in [2.24, 2.45) is 17.8 Å². The normalized spacial score (nSPS) is 46.9. The number of carbonyl (C=O) groups is 1. The zero-order valence-electron chi connectivity index (χ0n) is 29.6. The number of nitrogens with zero attached hydrogens (tertiary/aromatic N) is 2. The number of aliphatic hydroxyl groups excluding tert-OH is 2. The number of ether oxygens (including phenoxy) is 5. The molecule has 4 saturated heterocycles. The average Bonchev–Trinajstić information content (AvgIpc) is 2.96. The first-order chi connectivity index (χ1) is 20.8. The summed E-state index contributed by atoms with van der Waals surface area (Å²) in [5.41, 5.74) is -1.87. The van der Waals surface area contributed by atoms with Crippen LogP contribution < -0.4 is 0 Å². The van der Waals surface area contributed by atoms with E-state index in [0.717, 1.165) is 0 Å². The van der Waals surface area contributed by atoms with Crippen molar-refractivity contribution in [2.75, 3.05) is 40.9 Å². The highest BCUT2D eigenvalue weighted by molar-refractivity contribution is 5.73. The lowest BCUT2D eigenvalue weighted by Crippen LogP contribution is -2.60. The zero-order valence-corrected chi connectivity index (χ0v) is 29.6. The number of hydrogen-bond donors (Lipinski definition) is 3. The minimum absolute atomic E-state index is 0.0285. The Morgan fingerprint density at radius 3 is 2.33 bits per heavy atom.